The van der Waals surface area contributed by atoms with E-state index in [9.17, 15) is 8.78 Å². The molecular weight excluding hydrogens is 440 g/mol. The largest absolute Gasteiger partial charge is 0.486 e. The van der Waals surface area contributed by atoms with Crippen molar-refractivity contribution in [1.82, 2.24) is 20.3 Å². The van der Waals surface area contributed by atoms with Gasteiger partial charge in [0.05, 0.1) is 30.3 Å². The molecule has 0 saturated carbocycles. The standard InChI is InChI=1S/C24H27F2N7O/c1-15(2)33-9-10-34-23-19(26)11-16(12-20(23)33)22-18(25)3-4-21(30-22)31-24-28-13-17(14-29-24)32-7-5-27-6-8-32/h3-4,11-15,27H,5-10H2,1-2H3,(H,28,29,30,31). The second kappa shape index (κ2) is 9.38. The van der Waals surface area contributed by atoms with Gasteiger partial charge in [0, 0.05) is 37.8 Å². The molecule has 5 rings (SSSR count). The zero-order valence-electron chi connectivity index (χ0n) is 19.2. The summed E-state index contributed by atoms with van der Waals surface area (Å²) in [4.78, 5) is 17.4. The lowest BCUT2D eigenvalue weighted by Gasteiger charge is -2.34. The third-order valence-corrected chi connectivity index (χ3v) is 6.02. The van der Waals surface area contributed by atoms with E-state index in [1.165, 1.54) is 18.2 Å². The molecule has 0 unspecified atom stereocenters. The van der Waals surface area contributed by atoms with Crippen LogP contribution in [0.2, 0.25) is 0 Å². The fraction of sp³-hybridized carbons (Fsp3) is 0.375. The van der Waals surface area contributed by atoms with Crippen molar-refractivity contribution in [2.75, 3.05) is 54.4 Å². The quantitative estimate of drug-likeness (QED) is 0.590. The number of aromatic nitrogens is 3. The molecule has 0 bridgehead atoms. The van der Waals surface area contributed by atoms with E-state index >= 15 is 0 Å². The molecule has 1 saturated heterocycles. The molecule has 0 atom stereocenters. The number of nitrogens with zero attached hydrogens (tertiary/aromatic N) is 5. The van der Waals surface area contributed by atoms with Crippen LogP contribution < -0.4 is 25.2 Å². The van der Waals surface area contributed by atoms with E-state index in [4.69, 9.17) is 4.74 Å². The van der Waals surface area contributed by atoms with Gasteiger partial charge in [0.15, 0.2) is 11.6 Å². The van der Waals surface area contributed by atoms with Gasteiger partial charge in [-0.25, -0.2) is 23.7 Å². The summed E-state index contributed by atoms with van der Waals surface area (Å²) in [6, 6.07) is 5.94. The van der Waals surface area contributed by atoms with E-state index in [2.05, 4.69) is 30.5 Å². The van der Waals surface area contributed by atoms with Gasteiger partial charge >= 0.3 is 0 Å². The van der Waals surface area contributed by atoms with Gasteiger partial charge in [-0.2, -0.15) is 0 Å². The Morgan fingerprint density at radius 1 is 1.03 bits per heavy atom. The molecule has 3 aromatic rings. The maximum atomic E-state index is 14.9. The Kier molecular flexibility index (Phi) is 6.14. The summed E-state index contributed by atoms with van der Waals surface area (Å²) in [6.07, 6.45) is 3.51. The lowest BCUT2D eigenvalue weighted by molar-refractivity contribution is 0.287. The number of piperazine rings is 1. The van der Waals surface area contributed by atoms with Gasteiger partial charge < -0.3 is 25.2 Å². The molecule has 0 spiro atoms. The number of anilines is 4. The van der Waals surface area contributed by atoms with Crippen LogP contribution >= 0.6 is 0 Å². The number of hydrogen-bond donors (Lipinski definition) is 2. The van der Waals surface area contributed by atoms with Crippen LogP contribution in [0.15, 0.2) is 36.7 Å². The summed E-state index contributed by atoms with van der Waals surface area (Å²) in [5, 5.41) is 6.33. The van der Waals surface area contributed by atoms with Crippen LogP contribution in [-0.2, 0) is 0 Å². The predicted octanol–water partition coefficient (Wildman–Crippen LogP) is 3.58. The molecule has 34 heavy (non-hydrogen) atoms. The van der Waals surface area contributed by atoms with Crippen LogP contribution in [0, 0.1) is 11.6 Å². The van der Waals surface area contributed by atoms with Crippen LogP contribution in [0.25, 0.3) is 11.3 Å². The first kappa shape index (κ1) is 22.3. The van der Waals surface area contributed by atoms with Gasteiger partial charge in [-0.1, -0.05) is 0 Å². The highest BCUT2D eigenvalue weighted by Gasteiger charge is 2.25. The van der Waals surface area contributed by atoms with Crippen molar-refractivity contribution in [2.45, 2.75) is 19.9 Å². The average Bonchev–Trinajstić information content (AvgIpc) is 2.86. The third kappa shape index (κ3) is 4.45. The summed E-state index contributed by atoms with van der Waals surface area (Å²) in [6.45, 7) is 8.73. The fourth-order valence-corrected chi connectivity index (χ4v) is 4.28. The Hall–Kier alpha value is -3.53. The van der Waals surface area contributed by atoms with Crippen LogP contribution in [-0.4, -0.2) is 60.3 Å². The van der Waals surface area contributed by atoms with Gasteiger partial charge in [0.1, 0.15) is 23.9 Å². The highest BCUT2D eigenvalue weighted by Crippen LogP contribution is 2.39. The average molecular weight is 468 g/mol. The molecule has 10 heteroatoms. The van der Waals surface area contributed by atoms with Crippen LogP contribution in [0.4, 0.5) is 31.9 Å². The summed E-state index contributed by atoms with van der Waals surface area (Å²) in [5.74, 6) is -0.185. The van der Waals surface area contributed by atoms with E-state index < -0.39 is 11.6 Å². The monoisotopic (exact) mass is 467 g/mol. The van der Waals surface area contributed by atoms with Crippen LogP contribution in [0.5, 0.6) is 5.75 Å². The lowest BCUT2D eigenvalue weighted by Crippen LogP contribution is -2.43. The van der Waals surface area contributed by atoms with Gasteiger partial charge in [-0.3, -0.25) is 0 Å². The summed E-state index contributed by atoms with van der Waals surface area (Å²) >= 11 is 0. The Balaban J connectivity index is 1.41. The first-order valence-electron chi connectivity index (χ1n) is 11.4. The highest BCUT2D eigenvalue weighted by molar-refractivity contribution is 5.73. The molecule has 178 valence electrons. The SMILES string of the molecule is CC(C)N1CCOc2c(F)cc(-c3nc(Nc4ncc(N5CCNCC5)cn4)ccc3F)cc21. The molecule has 1 fully saturated rings. The third-order valence-electron chi connectivity index (χ3n) is 6.02. The molecule has 2 N–H and O–H groups in total. The number of fused-ring (bicyclic) bond motifs is 1. The molecule has 0 amide bonds. The highest BCUT2D eigenvalue weighted by atomic mass is 19.1. The number of pyridine rings is 1. The maximum absolute atomic E-state index is 14.9. The molecule has 4 heterocycles. The van der Waals surface area contributed by atoms with Crippen molar-refractivity contribution in [3.05, 3.63) is 48.3 Å². The minimum Gasteiger partial charge on any atom is -0.486 e. The second-order valence-electron chi connectivity index (χ2n) is 8.60. The van der Waals surface area contributed by atoms with Gasteiger partial charge in [-0.05, 0) is 38.1 Å². The number of rotatable bonds is 5. The number of benzene rings is 1. The topological polar surface area (TPSA) is 78.4 Å². The minimum absolute atomic E-state index is 0.0402. The van der Waals surface area contributed by atoms with Gasteiger partial charge in [0.25, 0.3) is 0 Å². The van der Waals surface area contributed by atoms with Gasteiger partial charge in [0.2, 0.25) is 5.95 Å². The molecule has 0 radical (unpaired) electrons. The zero-order valence-corrected chi connectivity index (χ0v) is 19.2. The first-order chi connectivity index (χ1) is 16.5. The Labute approximate surface area is 197 Å². The van der Waals surface area contributed by atoms with Crippen molar-refractivity contribution in [1.29, 1.82) is 0 Å². The van der Waals surface area contributed by atoms with E-state index in [1.54, 1.807) is 18.5 Å². The van der Waals surface area contributed by atoms with Crippen molar-refractivity contribution < 1.29 is 13.5 Å². The van der Waals surface area contributed by atoms with Crippen molar-refractivity contribution in [3.8, 4) is 17.0 Å². The molecule has 2 aromatic heterocycles. The van der Waals surface area contributed by atoms with E-state index in [1.807, 2.05) is 18.7 Å². The lowest BCUT2D eigenvalue weighted by atomic mass is 10.1. The van der Waals surface area contributed by atoms with Crippen LogP contribution in [0.3, 0.4) is 0 Å². The first-order valence-corrected chi connectivity index (χ1v) is 11.4. The number of nitrogens with one attached hydrogen (secondary N) is 2. The molecule has 8 nitrogen and oxygen atoms in total. The fourth-order valence-electron chi connectivity index (χ4n) is 4.28. The second-order valence-corrected chi connectivity index (χ2v) is 8.60. The van der Waals surface area contributed by atoms with Crippen LogP contribution in [0.1, 0.15) is 13.8 Å². The number of halogens is 2. The Morgan fingerprint density at radius 2 is 1.79 bits per heavy atom. The predicted molar refractivity (Wildman–Crippen MR) is 128 cm³/mol. The summed E-state index contributed by atoms with van der Waals surface area (Å²) in [5.41, 5.74) is 1.92. The summed E-state index contributed by atoms with van der Waals surface area (Å²) < 4.78 is 35.2. The maximum Gasteiger partial charge on any atom is 0.228 e. The van der Waals surface area contributed by atoms with Crippen molar-refractivity contribution in [2.24, 2.45) is 0 Å². The Morgan fingerprint density at radius 3 is 2.53 bits per heavy atom. The molecule has 1 aromatic carbocycles. The zero-order chi connectivity index (χ0) is 23.7. The van der Waals surface area contributed by atoms with Crippen molar-refractivity contribution in [3.63, 3.8) is 0 Å². The van der Waals surface area contributed by atoms with Crippen molar-refractivity contribution >= 4 is 23.1 Å². The number of ether oxygens (including phenoxy) is 1. The van der Waals surface area contributed by atoms with E-state index in [-0.39, 0.29) is 17.5 Å². The molecule has 2 aliphatic rings. The smallest absolute Gasteiger partial charge is 0.228 e. The Bertz CT molecular complexity index is 1170. The molecular formula is C24H27F2N7O. The normalized spacial score (nSPS) is 15.8. The van der Waals surface area contributed by atoms with E-state index in [0.717, 1.165) is 31.9 Å². The summed E-state index contributed by atoms with van der Waals surface area (Å²) in [7, 11) is 0. The molecule has 2 aliphatic heterocycles. The minimum atomic E-state index is -0.548. The molecule has 0 aliphatic carbocycles. The number of hydrogen-bond acceptors (Lipinski definition) is 8. The van der Waals surface area contributed by atoms with Gasteiger partial charge in [-0.15, -0.1) is 0 Å². The van der Waals surface area contributed by atoms with E-state index in [0.29, 0.717) is 36.2 Å².